The zero-order valence-corrected chi connectivity index (χ0v) is 11.0. The first-order valence-electron chi connectivity index (χ1n) is 6.93. The topological polar surface area (TPSA) is 49.5 Å². The lowest BCUT2D eigenvalue weighted by atomic mass is 9.94. The highest BCUT2D eigenvalue weighted by Crippen LogP contribution is 2.21. The molecule has 0 radical (unpaired) electrons. The quantitative estimate of drug-likeness (QED) is 0.834. The minimum atomic E-state index is 0.317. The maximum absolute atomic E-state index is 9.04. The first kappa shape index (κ1) is 13.5. The van der Waals surface area contributed by atoms with E-state index in [1.807, 2.05) is 0 Å². The van der Waals surface area contributed by atoms with E-state index in [0.717, 1.165) is 19.5 Å². The minimum Gasteiger partial charge on any atom is -0.396 e. The number of likely N-dealkylation sites (tertiary alicyclic amines) is 1. The third-order valence-corrected chi connectivity index (χ3v) is 3.87. The molecule has 1 aromatic carbocycles. The molecule has 1 aliphatic rings. The normalized spacial score (nSPS) is 21.1. The number of hydrogen-bond donors (Lipinski definition) is 2. The van der Waals surface area contributed by atoms with Gasteiger partial charge in [-0.3, -0.25) is 4.90 Å². The molecular formula is C15H24N2O. The van der Waals surface area contributed by atoms with E-state index < -0.39 is 0 Å². The van der Waals surface area contributed by atoms with E-state index in [9.17, 15) is 0 Å². The zero-order valence-electron chi connectivity index (χ0n) is 11.0. The number of benzene rings is 1. The summed E-state index contributed by atoms with van der Waals surface area (Å²) >= 11 is 0. The number of hydrogen-bond acceptors (Lipinski definition) is 3. The van der Waals surface area contributed by atoms with Crippen LogP contribution in [0.4, 0.5) is 0 Å². The number of aliphatic hydroxyl groups is 1. The number of nitrogens with two attached hydrogens (primary N) is 1. The molecule has 1 aliphatic heterocycles. The van der Waals surface area contributed by atoms with Crippen molar-refractivity contribution in [2.75, 3.05) is 19.7 Å². The molecule has 0 amide bonds. The summed E-state index contributed by atoms with van der Waals surface area (Å²) in [7, 11) is 0. The van der Waals surface area contributed by atoms with Crippen LogP contribution in [0.3, 0.4) is 0 Å². The van der Waals surface area contributed by atoms with Crippen molar-refractivity contribution in [3.05, 3.63) is 35.4 Å². The monoisotopic (exact) mass is 248 g/mol. The lowest BCUT2D eigenvalue weighted by molar-refractivity contribution is 0.142. The van der Waals surface area contributed by atoms with E-state index >= 15 is 0 Å². The Balaban J connectivity index is 1.96. The Bertz CT molecular complexity index is 365. The molecule has 1 unspecified atom stereocenters. The third kappa shape index (κ3) is 3.55. The standard InChI is InChI=1S/C15H24N2O/c16-10-14-5-1-2-6-15(14)12-17-8-3-4-13(11-17)7-9-18/h1-2,5-6,13,18H,3-4,7-12,16H2. The van der Waals surface area contributed by atoms with Crippen LogP contribution in [0, 0.1) is 5.92 Å². The Kier molecular flexibility index (Phi) is 5.17. The molecule has 0 aliphatic carbocycles. The predicted molar refractivity (Wildman–Crippen MR) is 74.0 cm³/mol. The second-order valence-electron chi connectivity index (χ2n) is 5.23. The van der Waals surface area contributed by atoms with Gasteiger partial charge in [-0.1, -0.05) is 24.3 Å². The highest BCUT2D eigenvalue weighted by Gasteiger charge is 2.19. The van der Waals surface area contributed by atoms with Gasteiger partial charge in [0, 0.05) is 26.2 Å². The lowest BCUT2D eigenvalue weighted by Gasteiger charge is -2.33. The molecule has 0 bridgehead atoms. The SMILES string of the molecule is NCc1ccccc1CN1CCCC(CCO)C1. The van der Waals surface area contributed by atoms with Gasteiger partial charge in [-0.2, -0.15) is 0 Å². The second kappa shape index (κ2) is 6.88. The van der Waals surface area contributed by atoms with E-state index in [2.05, 4.69) is 29.2 Å². The van der Waals surface area contributed by atoms with E-state index in [1.165, 1.54) is 30.5 Å². The summed E-state index contributed by atoms with van der Waals surface area (Å²) in [4.78, 5) is 2.50. The van der Waals surface area contributed by atoms with Crippen LogP contribution in [0.2, 0.25) is 0 Å². The number of piperidine rings is 1. The van der Waals surface area contributed by atoms with E-state index in [0.29, 0.717) is 19.1 Å². The van der Waals surface area contributed by atoms with Crippen molar-refractivity contribution in [1.29, 1.82) is 0 Å². The molecule has 0 spiro atoms. The van der Waals surface area contributed by atoms with Gasteiger partial charge in [0.2, 0.25) is 0 Å². The van der Waals surface area contributed by atoms with Crippen molar-refractivity contribution in [2.45, 2.75) is 32.4 Å². The van der Waals surface area contributed by atoms with Gasteiger partial charge < -0.3 is 10.8 Å². The minimum absolute atomic E-state index is 0.317. The molecule has 2 rings (SSSR count). The lowest BCUT2D eigenvalue weighted by Crippen LogP contribution is -2.35. The summed E-state index contributed by atoms with van der Waals surface area (Å²) in [6.45, 7) is 4.21. The van der Waals surface area contributed by atoms with Crippen LogP contribution in [-0.4, -0.2) is 29.7 Å². The highest BCUT2D eigenvalue weighted by atomic mass is 16.3. The van der Waals surface area contributed by atoms with E-state index in [1.54, 1.807) is 0 Å². The van der Waals surface area contributed by atoms with Crippen LogP contribution in [0.5, 0.6) is 0 Å². The van der Waals surface area contributed by atoms with Crippen molar-refractivity contribution < 1.29 is 5.11 Å². The predicted octanol–water partition coefficient (Wildman–Crippen LogP) is 1.74. The average molecular weight is 248 g/mol. The molecule has 1 atom stereocenters. The summed E-state index contributed by atoms with van der Waals surface area (Å²) in [6, 6.07) is 8.43. The fourth-order valence-corrected chi connectivity index (χ4v) is 2.86. The molecule has 0 aromatic heterocycles. The van der Waals surface area contributed by atoms with Gasteiger partial charge in [0.05, 0.1) is 0 Å². The smallest absolute Gasteiger partial charge is 0.0434 e. The van der Waals surface area contributed by atoms with Gasteiger partial charge >= 0.3 is 0 Å². The van der Waals surface area contributed by atoms with Crippen LogP contribution in [-0.2, 0) is 13.1 Å². The van der Waals surface area contributed by atoms with Gasteiger partial charge in [0.15, 0.2) is 0 Å². The Morgan fingerprint density at radius 1 is 1.28 bits per heavy atom. The molecule has 0 saturated carbocycles. The summed E-state index contributed by atoms with van der Waals surface area (Å²) in [5.74, 6) is 0.661. The first-order valence-corrected chi connectivity index (χ1v) is 6.93. The largest absolute Gasteiger partial charge is 0.396 e. The molecule has 3 nitrogen and oxygen atoms in total. The summed E-state index contributed by atoms with van der Waals surface area (Å²) in [5.41, 5.74) is 8.38. The maximum atomic E-state index is 9.04. The Hall–Kier alpha value is -0.900. The molecule has 1 saturated heterocycles. The van der Waals surface area contributed by atoms with Crippen molar-refractivity contribution in [3.8, 4) is 0 Å². The molecule has 3 heteroatoms. The highest BCUT2D eigenvalue weighted by molar-refractivity contribution is 5.26. The van der Waals surface area contributed by atoms with Crippen LogP contribution in [0.25, 0.3) is 0 Å². The molecule has 18 heavy (non-hydrogen) atoms. The van der Waals surface area contributed by atoms with Gasteiger partial charge in [0.25, 0.3) is 0 Å². The third-order valence-electron chi connectivity index (χ3n) is 3.87. The Morgan fingerprint density at radius 2 is 2.06 bits per heavy atom. The molecular weight excluding hydrogens is 224 g/mol. The first-order chi connectivity index (χ1) is 8.83. The van der Waals surface area contributed by atoms with Crippen molar-refractivity contribution in [2.24, 2.45) is 11.7 Å². The van der Waals surface area contributed by atoms with Gasteiger partial charge in [-0.15, -0.1) is 0 Å². The fourth-order valence-electron chi connectivity index (χ4n) is 2.86. The molecule has 3 N–H and O–H groups in total. The van der Waals surface area contributed by atoms with Crippen molar-refractivity contribution >= 4 is 0 Å². The second-order valence-corrected chi connectivity index (χ2v) is 5.23. The molecule has 1 aromatic rings. The number of rotatable bonds is 5. The van der Waals surface area contributed by atoms with Crippen molar-refractivity contribution in [3.63, 3.8) is 0 Å². The summed E-state index contributed by atoms with van der Waals surface area (Å²) in [5, 5.41) is 9.04. The average Bonchev–Trinajstić information content (AvgIpc) is 2.40. The van der Waals surface area contributed by atoms with Crippen LogP contribution < -0.4 is 5.73 Å². The summed E-state index contributed by atoms with van der Waals surface area (Å²) < 4.78 is 0. The number of aliphatic hydroxyl groups excluding tert-OH is 1. The van der Waals surface area contributed by atoms with Crippen LogP contribution in [0.15, 0.2) is 24.3 Å². The van der Waals surface area contributed by atoms with Gasteiger partial charge in [-0.25, -0.2) is 0 Å². The Labute approximate surface area is 110 Å². The van der Waals surface area contributed by atoms with E-state index in [-0.39, 0.29) is 0 Å². The fraction of sp³-hybridized carbons (Fsp3) is 0.600. The van der Waals surface area contributed by atoms with E-state index in [4.69, 9.17) is 10.8 Å². The van der Waals surface area contributed by atoms with Crippen molar-refractivity contribution in [1.82, 2.24) is 4.90 Å². The van der Waals surface area contributed by atoms with Gasteiger partial charge in [0.1, 0.15) is 0 Å². The molecule has 100 valence electrons. The molecule has 1 fully saturated rings. The van der Waals surface area contributed by atoms with Gasteiger partial charge in [-0.05, 0) is 42.9 Å². The summed E-state index contributed by atoms with van der Waals surface area (Å²) in [6.07, 6.45) is 3.44. The number of nitrogens with zero attached hydrogens (tertiary/aromatic N) is 1. The Morgan fingerprint density at radius 3 is 2.78 bits per heavy atom. The van der Waals surface area contributed by atoms with Crippen LogP contribution in [0.1, 0.15) is 30.4 Å². The maximum Gasteiger partial charge on any atom is 0.0434 e. The van der Waals surface area contributed by atoms with Crippen LogP contribution >= 0.6 is 0 Å². The zero-order chi connectivity index (χ0) is 12.8. The molecule has 1 heterocycles.